The smallest absolute Gasteiger partial charge is 0.307 e. The van der Waals surface area contributed by atoms with Crippen LogP contribution in [0.15, 0.2) is 35.2 Å². The Morgan fingerprint density at radius 1 is 1.14 bits per heavy atom. The summed E-state index contributed by atoms with van der Waals surface area (Å²) in [5, 5.41) is 0. The summed E-state index contributed by atoms with van der Waals surface area (Å²) in [6, 6.07) is 7.72. The van der Waals surface area contributed by atoms with E-state index in [2.05, 4.69) is 4.72 Å². The standard InChI is InChI=1S/C20H26N2O6S/c1-5-27-16-6-8-17(9-7-16)29(25,26)21-11-10-20(24)28-13-19(23)18-12-14(2)22(4)15(18)3/h6-9,12,21H,5,10-11,13H2,1-4H3. The fourth-order valence-electron chi connectivity index (χ4n) is 2.69. The van der Waals surface area contributed by atoms with Crippen LogP contribution in [-0.2, 0) is 26.6 Å². The molecule has 0 atom stereocenters. The second-order valence-electron chi connectivity index (χ2n) is 6.48. The molecule has 8 nitrogen and oxygen atoms in total. The molecule has 2 aromatic rings. The van der Waals surface area contributed by atoms with Gasteiger partial charge < -0.3 is 14.0 Å². The number of hydrogen-bond donors (Lipinski definition) is 1. The minimum absolute atomic E-state index is 0.0689. The number of sulfonamides is 1. The van der Waals surface area contributed by atoms with Gasteiger partial charge in [-0.05, 0) is 51.1 Å². The van der Waals surface area contributed by atoms with Crippen molar-refractivity contribution in [3.63, 3.8) is 0 Å². The highest BCUT2D eigenvalue weighted by molar-refractivity contribution is 7.89. The summed E-state index contributed by atoms with van der Waals surface area (Å²) >= 11 is 0. The van der Waals surface area contributed by atoms with Crippen LogP contribution in [0.1, 0.15) is 35.1 Å². The van der Waals surface area contributed by atoms with Gasteiger partial charge in [0.05, 0.1) is 17.9 Å². The van der Waals surface area contributed by atoms with Gasteiger partial charge in [0.15, 0.2) is 6.61 Å². The molecular formula is C20H26N2O6S. The molecule has 1 N–H and O–H groups in total. The molecule has 0 aliphatic carbocycles. The second kappa shape index (κ2) is 9.71. The normalized spacial score (nSPS) is 11.3. The van der Waals surface area contributed by atoms with E-state index in [4.69, 9.17) is 9.47 Å². The van der Waals surface area contributed by atoms with Crippen LogP contribution in [0, 0.1) is 13.8 Å². The van der Waals surface area contributed by atoms with E-state index in [0.717, 1.165) is 11.4 Å². The lowest BCUT2D eigenvalue weighted by Crippen LogP contribution is -2.27. The van der Waals surface area contributed by atoms with Crippen LogP contribution in [0.4, 0.5) is 0 Å². The van der Waals surface area contributed by atoms with Gasteiger partial charge in [0.25, 0.3) is 0 Å². The Balaban J connectivity index is 1.81. The Bertz CT molecular complexity index is 977. The van der Waals surface area contributed by atoms with E-state index in [1.54, 1.807) is 18.2 Å². The molecule has 0 spiro atoms. The molecule has 2 rings (SSSR count). The average molecular weight is 423 g/mol. The zero-order valence-electron chi connectivity index (χ0n) is 17.0. The van der Waals surface area contributed by atoms with Gasteiger partial charge >= 0.3 is 5.97 Å². The number of Topliss-reactive ketones (excluding diaryl/α,β-unsaturated/α-hetero) is 1. The van der Waals surface area contributed by atoms with E-state index < -0.39 is 16.0 Å². The molecule has 1 aromatic carbocycles. The molecule has 0 aliphatic heterocycles. The maximum Gasteiger partial charge on any atom is 0.307 e. The molecule has 29 heavy (non-hydrogen) atoms. The largest absolute Gasteiger partial charge is 0.494 e. The minimum atomic E-state index is -3.75. The van der Waals surface area contributed by atoms with Crippen molar-refractivity contribution in [3.05, 3.63) is 47.3 Å². The summed E-state index contributed by atoms with van der Waals surface area (Å²) in [6.07, 6.45) is -0.184. The number of carbonyl (C=O) groups is 2. The first kappa shape index (κ1) is 22.6. The predicted molar refractivity (Wildman–Crippen MR) is 108 cm³/mol. The summed E-state index contributed by atoms with van der Waals surface area (Å²) in [5.41, 5.74) is 2.24. The Kier molecular flexibility index (Phi) is 7.58. The minimum Gasteiger partial charge on any atom is -0.494 e. The molecule has 0 fully saturated rings. The van der Waals surface area contributed by atoms with Crippen molar-refractivity contribution in [2.24, 2.45) is 7.05 Å². The van der Waals surface area contributed by atoms with E-state index in [9.17, 15) is 18.0 Å². The number of ketones is 1. The van der Waals surface area contributed by atoms with Crippen LogP contribution >= 0.6 is 0 Å². The van der Waals surface area contributed by atoms with Crippen LogP contribution in [0.25, 0.3) is 0 Å². The third-order valence-electron chi connectivity index (χ3n) is 4.51. The maximum atomic E-state index is 12.2. The lowest BCUT2D eigenvalue weighted by molar-refractivity contribution is -0.142. The van der Waals surface area contributed by atoms with Gasteiger partial charge in [-0.25, -0.2) is 13.1 Å². The van der Waals surface area contributed by atoms with Crippen LogP contribution in [0.2, 0.25) is 0 Å². The van der Waals surface area contributed by atoms with E-state index in [1.165, 1.54) is 12.1 Å². The highest BCUT2D eigenvalue weighted by Gasteiger charge is 2.17. The van der Waals surface area contributed by atoms with E-state index in [1.807, 2.05) is 32.4 Å². The van der Waals surface area contributed by atoms with Crippen molar-refractivity contribution in [2.75, 3.05) is 19.8 Å². The van der Waals surface area contributed by atoms with E-state index in [-0.39, 0.29) is 30.3 Å². The number of hydrogen-bond acceptors (Lipinski definition) is 6. The fourth-order valence-corrected chi connectivity index (χ4v) is 3.72. The van der Waals surface area contributed by atoms with Gasteiger partial charge in [-0.15, -0.1) is 0 Å². The Hall–Kier alpha value is -2.65. The number of aromatic nitrogens is 1. The number of carbonyl (C=O) groups excluding carboxylic acids is 2. The molecule has 158 valence electrons. The highest BCUT2D eigenvalue weighted by atomic mass is 32.2. The molecule has 9 heteroatoms. The lowest BCUT2D eigenvalue weighted by atomic mass is 10.1. The van der Waals surface area contributed by atoms with Crippen molar-refractivity contribution < 1.29 is 27.5 Å². The monoisotopic (exact) mass is 422 g/mol. The molecule has 0 aliphatic rings. The molecule has 1 heterocycles. The van der Waals surface area contributed by atoms with E-state index >= 15 is 0 Å². The molecule has 0 bridgehead atoms. The summed E-state index contributed by atoms with van der Waals surface area (Å²) in [7, 11) is -1.90. The summed E-state index contributed by atoms with van der Waals surface area (Å²) < 4.78 is 39.0. The van der Waals surface area contributed by atoms with Crippen LogP contribution in [0.3, 0.4) is 0 Å². The number of nitrogens with zero attached hydrogens (tertiary/aromatic N) is 1. The molecule has 0 saturated carbocycles. The van der Waals surface area contributed by atoms with Crippen molar-refractivity contribution >= 4 is 21.8 Å². The zero-order chi connectivity index (χ0) is 21.6. The average Bonchev–Trinajstić information content (AvgIpc) is 2.94. The molecule has 0 amide bonds. The molecule has 0 saturated heterocycles. The predicted octanol–water partition coefficient (Wildman–Crippen LogP) is 2.14. The number of rotatable bonds is 10. The summed E-state index contributed by atoms with van der Waals surface area (Å²) in [6.45, 7) is 5.50. The second-order valence-corrected chi connectivity index (χ2v) is 8.25. The topological polar surface area (TPSA) is 104 Å². The van der Waals surface area contributed by atoms with Gasteiger partial charge in [0.1, 0.15) is 5.75 Å². The van der Waals surface area contributed by atoms with Gasteiger partial charge in [-0.2, -0.15) is 0 Å². The van der Waals surface area contributed by atoms with Gasteiger partial charge in [0, 0.05) is 30.5 Å². The molecule has 0 radical (unpaired) electrons. The Morgan fingerprint density at radius 2 is 1.79 bits per heavy atom. The fraction of sp³-hybridized carbons (Fsp3) is 0.400. The van der Waals surface area contributed by atoms with Crippen molar-refractivity contribution in [2.45, 2.75) is 32.1 Å². The highest BCUT2D eigenvalue weighted by Crippen LogP contribution is 2.16. The van der Waals surface area contributed by atoms with E-state index in [0.29, 0.717) is 17.9 Å². The molecular weight excluding hydrogens is 396 g/mol. The first-order chi connectivity index (χ1) is 13.7. The lowest BCUT2D eigenvalue weighted by Gasteiger charge is -2.08. The van der Waals surface area contributed by atoms with Crippen LogP contribution in [0.5, 0.6) is 5.75 Å². The maximum absolute atomic E-state index is 12.2. The van der Waals surface area contributed by atoms with Crippen molar-refractivity contribution in [1.29, 1.82) is 0 Å². The number of esters is 1. The first-order valence-electron chi connectivity index (χ1n) is 9.20. The van der Waals surface area contributed by atoms with Gasteiger partial charge in [-0.1, -0.05) is 0 Å². The number of aryl methyl sites for hydroxylation is 1. The number of nitrogens with one attached hydrogen (secondary N) is 1. The summed E-state index contributed by atoms with van der Waals surface area (Å²) in [4.78, 5) is 24.1. The quantitative estimate of drug-likeness (QED) is 0.465. The number of benzene rings is 1. The first-order valence-corrected chi connectivity index (χ1v) is 10.7. The van der Waals surface area contributed by atoms with Gasteiger partial charge in [-0.3, -0.25) is 9.59 Å². The SMILES string of the molecule is CCOc1ccc(S(=O)(=O)NCCC(=O)OCC(=O)c2cc(C)n(C)c2C)cc1. The number of ether oxygens (including phenoxy) is 2. The third-order valence-corrected chi connectivity index (χ3v) is 5.98. The van der Waals surface area contributed by atoms with Crippen LogP contribution in [-0.4, -0.2) is 44.5 Å². The van der Waals surface area contributed by atoms with Crippen LogP contribution < -0.4 is 9.46 Å². The molecule has 0 unspecified atom stereocenters. The Morgan fingerprint density at radius 3 is 2.34 bits per heavy atom. The zero-order valence-corrected chi connectivity index (χ0v) is 17.8. The third kappa shape index (κ3) is 5.91. The molecule has 1 aromatic heterocycles. The van der Waals surface area contributed by atoms with Crippen molar-refractivity contribution in [3.8, 4) is 5.75 Å². The van der Waals surface area contributed by atoms with Gasteiger partial charge in [0.2, 0.25) is 15.8 Å². The van der Waals surface area contributed by atoms with Crippen molar-refractivity contribution in [1.82, 2.24) is 9.29 Å². The Labute approximate surface area is 170 Å². The summed E-state index contributed by atoms with van der Waals surface area (Å²) in [5.74, 6) is -0.379.